The molecule has 122 valence electrons. The number of benzene rings is 2. The second kappa shape index (κ2) is 7.01. The quantitative estimate of drug-likeness (QED) is 0.839. The van der Waals surface area contributed by atoms with Gasteiger partial charge in [0.1, 0.15) is 11.9 Å². The zero-order valence-electron chi connectivity index (χ0n) is 13.6. The van der Waals surface area contributed by atoms with E-state index in [1.165, 1.54) is 12.1 Å². The first kappa shape index (κ1) is 17.3. The van der Waals surface area contributed by atoms with Gasteiger partial charge in [0.05, 0.1) is 5.02 Å². The summed E-state index contributed by atoms with van der Waals surface area (Å²) in [5.41, 5.74) is 4.62. The molecule has 0 heterocycles. The summed E-state index contributed by atoms with van der Waals surface area (Å²) in [7, 11) is 0. The number of anilines is 2. The summed E-state index contributed by atoms with van der Waals surface area (Å²) in [4.78, 5) is 12.4. The summed E-state index contributed by atoms with van der Waals surface area (Å²) in [6.45, 7) is 7.69. The van der Waals surface area contributed by atoms with E-state index in [1.54, 1.807) is 13.0 Å². The van der Waals surface area contributed by atoms with Crippen LogP contribution in [0, 0.1) is 26.6 Å². The molecule has 23 heavy (non-hydrogen) atoms. The predicted molar refractivity (Wildman–Crippen MR) is 93.8 cm³/mol. The lowest BCUT2D eigenvalue weighted by Gasteiger charge is -2.18. The molecule has 0 radical (unpaired) electrons. The van der Waals surface area contributed by atoms with Crippen molar-refractivity contribution in [2.24, 2.45) is 0 Å². The van der Waals surface area contributed by atoms with E-state index in [-0.39, 0.29) is 10.9 Å². The number of hydrogen-bond acceptors (Lipinski definition) is 2. The van der Waals surface area contributed by atoms with Crippen molar-refractivity contribution >= 4 is 28.9 Å². The van der Waals surface area contributed by atoms with Crippen molar-refractivity contribution in [3.05, 3.63) is 57.9 Å². The number of carbonyl (C=O) groups excluding carboxylic acids is 1. The Morgan fingerprint density at radius 1 is 1.13 bits per heavy atom. The molecular weight excluding hydrogens is 315 g/mol. The van der Waals surface area contributed by atoms with Gasteiger partial charge < -0.3 is 10.6 Å². The summed E-state index contributed by atoms with van der Waals surface area (Å²) >= 11 is 5.75. The summed E-state index contributed by atoms with van der Waals surface area (Å²) in [5.74, 6) is -0.652. The molecule has 1 amide bonds. The fourth-order valence-corrected chi connectivity index (χ4v) is 2.69. The monoisotopic (exact) mass is 334 g/mol. The third-order valence-electron chi connectivity index (χ3n) is 3.62. The van der Waals surface area contributed by atoms with Crippen molar-refractivity contribution in [3.63, 3.8) is 0 Å². The fraction of sp³-hybridized carbons (Fsp3) is 0.278. The van der Waals surface area contributed by atoms with Crippen molar-refractivity contribution in [2.75, 3.05) is 10.6 Å². The minimum absolute atomic E-state index is 0.0211. The number of carbonyl (C=O) groups is 1. The van der Waals surface area contributed by atoms with Gasteiger partial charge in [-0.3, -0.25) is 4.79 Å². The first-order valence-corrected chi connectivity index (χ1v) is 7.76. The van der Waals surface area contributed by atoms with Crippen LogP contribution in [0.1, 0.15) is 23.6 Å². The lowest BCUT2D eigenvalue weighted by Crippen LogP contribution is -2.32. The number of halogens is 2. The third kappa shape index (κ3) is 4.23. The molecule has 0 saturated carbocycles. The number of rotatable bonds is 4. The molecular formula is C18H20ClFN2O. The number of aryl methyl sites for hydroxylation is 3. The Balaban J connectivity index is 2.10. The van der Waals surface area contributed by atoms with Gasteiger partial charge in [0.2, 0.25) is 5.91 Å². The molecule has 0 unspecified atom stereocenters. The largest absolute Gasteiger partial charge is 0.374 e. The van der Waals surface area contributed by atoms with Crippen LogP contribution in [0.2, 0.25) is 5.02 Å². The van der Waals surface area contributed by atoms with Crippen LogP contribution in [0.4, 0.5) is 15.8 Å². The molecule has 3 nitrogen and oxygen atoms in total. The average Bonchev–Trinajstić information content (AvgIpc) is 2.46. The topological polar surface area (TPSA) is 41.1 Å². The molecule has 0 spiro atoms. The lowest BCUT2D eigenvalue weighted by molar-refractivity contribution is -0.116. The molecule has 2 rings (SSSR count). The van der Waals surface area contributed by atoms with Crippen LogP contribution < -0.4 is 10.6 Å². The molecule has 0 aliphatic heterocycles. The van der Waals surface area contributed by atoms with Crippen LogP contribution in [0.3, 0.4) is 0 Å². The van der Waals surface area contributed by atoms with E-state index in [4.69, 9.17) is 11.6 Å². The molecule has 0 saturated heterocycles. The van der Waals surface area contributed by atoms with Gasteiger partial charge in [0.25, 0.3) is 0 Å². The van der Waals surface area contributed by atoms with E-state index in [9.17, 15) is 9.18 Å². The molecule has 0 bridgehead atoms. The summed E-state index contributed by atoms with van der Waals surface area (Å²) in [6.07, 6.45) is 0. The van der Waals surface area contributed by atoms with Gasteiger partial charge in [-0.05, 0) is 57.0 Å². The van der Waals surface area contributed by atoms with Gasteiger partial charge >= 0.3 is 0 Å². The Kier molecular flexibility index (Phi) is 5.26. The zero-order chi connectivity index (χ0) is 17.1. The molecule has 0 aliphatic carbocycles. The maximum absolute atomic E-state index is 13.2. The molecule has 0 aromatic heterocycles. The van der Waals surface area contributed by atoms with Gasteiger partial charge in [0.15, 0.2) is 0 Å². The number of nitrogens with one attached hydrogen (secondary N) is 2. The van der Waals surface area contributed by atoms with Crippen molar-refractivity contribution in [1.82, 2.24) is 0 Å². The lowest BCUT2D eigenvalue weighted by atomic mass is 10.0. The second-order valence-electron chi connectivity index (χ2n) is 5.76. The standard InChI is InChI=1S/C18H20ClFN2O/c1-10-7-11(2)17(12(3)8-10)22-18(23)13(4)21-14-5-6-16(20)15(19)9-14/h5-9,13,21H,1-4H3,(H,22,23)/t13-/m1/s1. The van der Waals surface area contributed by atoms with Crippen molar-refractivity contribution < 1.29 is 9.18 Å². The highest BCUT2D eigenvalue weighted by atomic mass is 35.5. The first-order chi connectivity index (χ1) is 10.8. The predicted octanol–water partition coefficient (Wildman–Crippen LogP) is 4.84. The van der Waals surface area contributed by atoms with E-state index in [0.29, 0.717) is 5.69 Å². The van der Waals surface area contributed by atoms with Gasteiger partial charge in [0, 0.05) is 11.4 Å². The Morgan fingerprint density at radius 2 is 1.74 bits per heavy atom. The van der Waals surface area contributed by atoms with Gasteiger partial charge in [-0.15, -0.1) is 0 Å². The highest BCUT2D eigenvalue weighted by Gasteiger charge is 2.15. The SMILES string of the molecule is Cc1cc(C)c(NC(=O)[C@@H](C)Nc2ccc(F)c(Cl)c2)c(C)c1. The Hall–Kier alpha value is -2.07. The van der Waals surface area contributed by atoms with E-state index < -0.39 is 11.9 Å². The molecule has 5 heteroatoms. The maximum Gasteiger partial charge on any atom is 0.246 e. The smallest absolute Gasteiger partial charge is 0.246 e. The highest BCUT2D eigenvalue weighted by molar-refractivity contribution is 6.31. The normalized spacial score (nSPS) is 11.9. The average molecular weight is 335 g/mol. The Labute approximate surface area is 140 Å². The van der Waals surface area contributed by atoms with E-state index in [1.807, 2.05) is 32.9 Å². The van der Waals surface area contributed by atoms with E-state index >= 15 is 0 Å². The first-order valence-electron chi connectivity index (χ1n) is 7.38. The van der Waals surface area contributed by atoms with Crippen LogP contribution in [0.15, 0.2) is 30.3 Å². The highest BCUT2D eigenvalue weighted by Crippen LogP contribution is 2.23. The van der Waals surface area contributed by atoms with Crippen LogP contribution in [0.5, 0.6) is 0 Å². The van der Waals surface area contributed by atoms with Crippen LogP contribution in [-0.4, -0.2) is 11.9 Å². The van der Waals surface area contributed by atoms with Crippen LogP contribution in [0.25, 0.3) is 0 Å². The molecule has 2 aromatic carbocycles. The summed E-state index contributed by atoms with van der Waals surface area (Å²) in [6, 6.07) is 7.84. The fourth-order valence-electron chi connectivity index (χ4n) is 2.51. The molecule has 0 aliphatic rings. The molecule has 0 fully saturated rings. The molecule has 2 aromatic rings. The minimum Gasteiger partial charge on any atom is -0.374 e. The molecule has 2 N–H and O–H groups in total. The van der Waals surface area contributed by atoms with Crippen LogP contribution >= 0.6 is 11.6 Å². The van der Waals surface area contributed by atoms with Gasteiger partial charge in [-0.2, -0.15) is 0 Å². The van der Waals surface area contributed by atoms with Crippen molar-refractivity contribution in [2.45, 2.75) is 33.7 Å². The summed E-state index contributed by atoms with van der Waals surface area (Å²) < 4.78 is 13.2. The Bertz CT molecular complexity index is 723. The summed E-state index contributed by atoms with van der Waals surface area (Å²) in [5, 5.41) is 5.98. The van der Waals surface area contributed by atoms with Crippen LogP contribution in [-0.2, 0) is 4.79 Å². The molecule has 1 atom stereocenters. The van der Waals surface area contributed by atoms with Crippen molar-refractivity contribution in [1.29, 1.82) is 0 Å². The third-order valence-corrected chi connectivity index (χ3v) is 3.91. The van der Waals surface area contributed by atoms with Gasteiger partial charge in [-0.25, -0.2) is 4.39 Å². The number of hydrogen-bond donors (Lipinski definition) is 2. The van der Waals surface area contributed by atoms with Crippen molar-refractivity contribution in [3.8, 4) is 0 Å². The second-order valence-corrected chi connectivity index (χ2v) is 6.17. The zero-order valence-corrected chi connectivity index (χ0v) is 14.4. The van der Waals surface area contributed by atoms with E-state index in [2.05, 4.69) is 10.6 Å². The van der Waals surface area contributed by atoms with Gasteiger partial charge in [-0.1, -0.05) is 29.3 Å². The van der Waals surface area contributed by atoms with E-state index in [0.717, 1.165) is 22.4 Å². The maximum atomic E-state index is 13.2. The Morgan fingerprint density at radius 3 is 2.30 bits per heavy atom. The minimum atomic E-state index is -0.489. The number of amides is 1.